The summed E-state index contributed by atoms with van der Waals surface area (Å²) in [7, 11) is 0. The lowest BCUT2D eigenvalue weighted by molar-refractivity contribution is -0.140. The number of benzene rings is 1. The molecule has 0 spiro atoms. The summed E-state index contributed by atoms with van der Waals surface area (Å²) in [6.45, 7) is 9.46. The Bertz CT molecular complexity index is 988. The Hall–Kier alpha value is -2.10. The molecule has 8 nitrogen and oxygen atoms in total. The molecule has 1 aromatic carbocycles. The summed E-state index contributed by atoms with van der Waals surface area (Å²) >= 11 is 1.76. The van der Waals surface area contributed by atoms with Crippen molar-refractivity contribution in [2.75, 3.05) is 57.9 Å². The Balaban J connectivity index is 1.59. The molecule has 0 saturated carbocycles. The van der Waals surface area contributed by atoms with Crippen molar-refractivity contribution in [1.29, 1.82) is 0 Å². The summed E-state index contributed by atoms with van der Waals surface area (Å²) < 4.78 is 7.48. The maximum Gasteiger partial charge on any atom is 0.290 e. The number of amides is 2. The Morgan fingerprint density at radius 2 is 2.00 bits per heavy atom. The lowest BCUT2D eigenvalue weighted by Crippen LogP contribution is -2.56. The second-order valence-corrected chi connectivity index (χ2v) is 10.6. The van der Waals surface area contributed by atoms with Crippen LogP contribution in [0, 0.1) is 11.8 Å². The van der Waals surface area contributed by atoms with Crippen LogP contribution < -0.4 is 5.32 Å². The van der Waals surface area contributed by atoms with Gasteiger partial charge in [0.05, 0.1) is 30.2 Å². The average molecular weight is 488 g/mol. The highest BCUT2D eigenvalue weighted by atomic mass is 32.2. The van der Waals surface area contributed by atoms with Gasteiger partial charge in [0.15, 0.2) is 5.82 Å². The molecule has 2 aliphatic heterocycles. The van der Waals surface area contributed by atoms with Gasteiger partial charge in [0.1, 0.15) is 0 Å². The summed E-state index contributed by atoms with van der Waals surface area (Å²) in [5.41, 5.74) is 1.84. The number of carbonyl (C=O) groups is 2. The van der Waals surface area contributed by atoms with E-state index in [2.05, 4.69) is 30.0 Å². The summed E-state index contributed by atoms with van der Waals surface area (Å²) in [5, 5.41) is 3.44. The van der Waals surface area contributed by atoms with Crippen LogP contribution in [0.25, 0.3) is 11.0 Å². The van der Waals surface area contributed by atoms with Crippen LogP contribution in [0.4, 0.5) is 0 Å². The molecule has 2 aliphatic rings. The number of ether oxygens (including phenoxy) is 1. The number of aryl methyl sites for hydroxylation is 1. The molecule has 2 aromatic rings. The van der Waals surface area contributed by atoms with Gasteiger partial charge in [-0.25, -0.2) is 4.98 Å². The zero-order chi connectivity index (χ0) is 24.1. The van der Waals surface area contributed by atoms with E-state index in [1.54, 1.807) is 11.8 Å². The fourth-order valence-electron chi connectivity index (χ4n) is 4.95. The number of hydrogen-bond donors (Lipinski definition) is 1. The number of hydrogen-bond acceptors (Lipinski definition) is 6. The van der Waals surface area contributed by atoms with Crippen LogP contribution in [0.3, 0.4) is 0 Å². The molecule has 4 rings (SSSR count). The number of nitrogens with zero attached hydrogens (tertiary/aromatic N) is 4. The molecule has 2 atom stereocenters. The Labute approximate surface area is 206 Å². The molecule has 9 heteroatoms. The van der Waals surface area contributed by atoms with Crippen molar-refractivity contribution in [3.63, 3.8) is 0 Å². The van der Waals surface area contributed by atoms with Crippen LogP contribution in [-0.4, -0.2) is 95.2 Å². The highest BCUT2D eigenvalue weighted by molar-refractivity contribution is 7.98. The molecule has 1 aromatic heterocycles. The van der Waals surface area contributed by atoms with Crippen molar-refractivity contribution >= 4 is 34.6 Å². The second kappa shape index (κ2) is 11.6. The van der Waals surface area contributed by atoms with Gasteiger partial charge in [-0.1, -0.05) is 26.0 Å². The van der Waals surface area contributed by atoms with E-state index in [0.29, 0.717) is 64.1 Å². The molecule has 34 heavy (non-hydrogen) atoms. The van der Waals surface area contributed by atoms with E-state index < -0.39 is 0 Å². The summed E-state index contributed by atoms with van der Waals surface area (Å²) in [6, 6.07) is 7.90. The number of piperidine rings is 1. The molecule has 1 N–H and O–H groups in total. The molecular formula is C25H37N5O3S. The Kier molecular flexibility index (Phi) is 8.50. The van der Waals surface area contributed by atoms with Crippen LogP contribution in [0.1, 0.15) is 30.9 Å². The maximum absolute atomic E-state index is 14.0. The molecule has 0 bridgehead atoms. The number of rotatable bonds is 8. The van der Waals surface area contributed by atoms with Crippen molar-refractivity contribution in [3.8, 4) is 0 Å². The van der Waals surface area contributed by atoms with Gasteiger partial charge in [-0.05, 0) is 30.7 Å². The van der Waals surface area contributed by atoms with E-state index in [4.69, 9.17) is 9.72 Å². The first-order valence-corrected chi connectivity index (χ1v) is 13.7. The first-order valence-electron chi connectivity index (χ1n) is 12.3. The molecular weight excluding hydrogens is 450 g/mol. The molecule has 0 unspecified atom stereocenters. The quantitative estimate of drug-likeness (QED) is 0.616. The number of aromatic nitrogens is 2. The normalized spacial score (nSPS) is 21.2. The third-order valence-corrected chi connectivity index (χ3v) is 7.22. The number of fused-ring (bicyclic) bond motifs is 1. The number of para-hydroxylation sites is 2. The first kappa shape index (κ1) is 25.0. The van der Waals surface area contributed by atoms with Crippen molar-refractivity contribution < 1.29 is 14.3 Å². The van der Waals surface area contributed by atoms with Gasteiger partial charge >= 0.3 is 0 Å². The van der Waals surface area contributed by atoms with E-state index >= 15 is 0 Å². The van der Waals surface area contributed by atoms with Crippen molar-refractivity contribution in [2.45, 2.75) is 32.9 Å². The summed E-state index contributed by atoms with van der Waals surface area (Å²) in [5.74, 6) is 1.71. The number of imidazole rings is 1. The predicted octanol–water partition coefficient (Wildman–Crippen LogP) is 2.33. The molecule has 0 radical (unpaired) electrons. The molecule has 186 valence electrons. The fourth-order valence-corrected chi connectivity index (χ4v) is 5.32. The molecule has 2 amide bonds. The van der Waals surface area contributed by atoms with Gasteiger partial charge in [-0.2, -0.15) is 11.8 Å². The smallest absolute Gasteiger partial charge is 0.290 e. The molecule has 3 heterocycles. The lowest BCUT2D eigenvalue weighted by atomic mass is 9.92. The van der Waals surface area contributed by atoms with Crippen LogP contribution in [0.2, 0.25) is 0 Å². The van der Waals surface area contributed by atoms with Crippen LogP contribution in [0.5, 0.6) is 0 Å². The largest absolute Gasteiger partial charge is 0.378 e. The zero-order valence-corrected chi connectivity index (χ0v) is 21.4. The Morgan fingerprint density at radius 1 is 1.24 bits per heavy atom. The minimum absolute atomic E-state index is 0.0442. The SMILES string of the molecule is CSCCn1c(C(=O)N(CC(C)C)[C@@H]2CNC[C@H](C(=O)N3CCOCC3)C2)nc2ccccc21. The van der Waals surface area contributed by atoms with Crippen LogP contribution in [-0.2, 0) is 16.1 Å². The van der Waals surface area contributed by atoms with Crippen LogP contribution >= 0.6 is 11.8 Å². The number of thioether (sulfide) groups is 1. The van der Waals surface area contributed by atoms with Crippen molar-refractivity contribution in [2.24, 2.45) is 11.8 Å². The van der Waals surface area contributed by atoms with Crippen molar-refractivity contribution in [1.82, 2.24) is 24.7 Å². The third-order valence-electron chi connectivity index (χ3n) is 6.63. The monoisotopic (exact) mass is 487 g/mol. The highest BCUT2D eigenvalue weighted by Gasteiger charge is 2.36. The van der Waals surface area contributed by atoms with E-state index in [1.807, 2.05) is 34.1 Å². The average Bonchev–Trinajstić information content (AvgIpc) is 3.24. The van der Waals surface area contributed by atoms with Gasteiger partial charge in [-0.15, -0.1) is 0 Å². The van der Waals surface area contributed by atoms with Crippen molar-refractivity contribution in [3.05, 3.63) is 30.1 Å². The number of morpholine rings is 1. The van der Waals surface area contributed by atoms with E-state index in [-0.39, 0.29) is 23.8 Å². The number of carbonyl (C=O) groups excluding carboxylic acids is 2. The molecule has 2 saturated heterocycles. The Morgan fingerprint density at radius 3 is 2.74 bits per heavy atom. The summed E-state index contributed by atoms with van der Waals surface area (Å²) in [4.78, 5) is 35.8. The van der Waals surface area contributed by atoms with Gasteiger partial charge < -0.3 is 24.4 Å². The standard InChI is InChI=1S/C25H37N5O3S/c1-18(2)17-30(20-14-19(15-26-16-20)24(31)28-8-11-33-12-9-28)25(32)23-27-21-6-4-5-7-22(21)29(23)10-13-34-3/h4-7,18-20,26H,8-17H2,1-3H3/t19-,20+/m1/s1. The van der Waals surface area contributed by atoms with E-state index in [0.717, 1.165) is 23.3 Å². The minimum Gasteiger partial charge on any atom is -0.378 e. The predicted molar refractivity (Wildman–Crippen MR) is 136 cm³/mol. The lowest BCUT2D eigenvalue weighted by Gasteiger charge is -2.40. The van der Waals surface area contributed by atoms with E-state index in [1.165, 1.54) is 0 Å². The zero-order valence-electron chi connectivity index (χ0n) is 20.5. The summed E-state index contributed by atoms with van der Waals surface area (Å²) in [6.07, 6.45) is 2.75. The van der Waals surface area contributed by atoms with Crippen LogP contribution in [0.15, 0.2) is 24.3 Å². The topological polar surface area (TPSA) is 79.7 Å². The van der Waals surface area contributed by atoms with Gasteiger partial charge in [-0.3, -0.25) is 9.59 Å². The number of nitrogens with one attached hydrogen (secondary N) is 1. The molecule has 0 aliphatic carbocycles. The fraction of sp³-hybridized carbons (Fsp3) is 0.640. The van der Waals surface area contributed by atoms with E-state index in [9.17, 15) is 9.59 Å². The maximum atomic E-state index is 14.0. The van der Waals surface area contributed by atoms with Gasteiger partial charge in [0.2, 0.25) is 5.91 Å². The third kappa shape index (κ3) is 5.58. The highest BCUT2D eigenvalue weighted by Crippen LogP contribution is 2.24. The van der Waals surface area contributed by atoms with Gasteiger partial charge in [0, 0.05) is 51.1 Å². The minimum atomic E-state index is -0.130. The van der Waals surface area contributed by atoms with Gasteiger partial charge in [0.25, 0.3) is 5.91 Å². The second-order valence-electron chi connectivity index (χ2n) is 9.60. The first-order chi connectivity index (χ1) is 16.5. The molecule has 2 fully saturated rings.